The zero-order valence-corrected chi connectivity index (χ0v) is 15.5. The van der Waals surface area contributed by atoms with Crippen molar-refractivity contribution < 1.29 is 4.79 Å². The molecule has 2 amide bonds. The molecule has 3 heterocycles. The Labute approximate surface area is 162 Å². The van der Waals surface area contributed by atoms with Gasteiger partial charge in [-0.25, -0.2) is 14.8 Å². The maximum absolute atomic E-state index is 12.2. The first-order valence-electron chi connectivity index (χ1n) is 9.01. The van der Waals surface area contributed by atoms with Gasteiger partial charge in [0.2, 0.25) is 0 Å². The lowest BCUT2D eigenvalue weighted by Gasteiger charge is -2.33. The molecular formula is C19H21ClN6O. The van der Waals surface area contributed by atoms with Crippen LogP contribution in [0, 0.1) is 0 Å². The highest BCUT2D eigenvalue weighted by Crippen LogP contribution is 2.24. The van der Waals surface area contributed by atoms with Crippen LogP contribution in [0.5, 0.6) is 0 Å². The molecule has 0 unspecified atom stereocenters. The second-order valence-corrected chi connectivity index (χ2v) is 7.09. The number of hydrogen-bond acceptors (Lipinski definition) is 4. The largest absolute Gasteiger partial charge is 0.356 e. The van der Waals surface area contributed by atoms with E-state index in [0.717, 1.165) is 48.3 Å². The standard InChI is InChI=1S/C19H21ClN6O/c20-14-3-1-13(2-4-14)11-22-19(27)25-15-6-9-26(10-7-15)18-16-5-8-21-17(16)23-12-24-18/h1-5,8,12,15H,6-7,9-11H2,(H,21,23,24)(H2,22,25,27). The minimum Gasteiger partial charge on any atom is -0.356 e. The van der Waals surface area contributed by atoms with E-state index < -0.39 is 0 Å². The third kappa shape index (κ3) is 4.14. The highest BCUT2D eigenvalue weighted by molar-refractivity contribution is 6.30. The molecule has 0 radical (unpaired) electrons. The number of fused-ring (bicyclic) bond motifs is 1. The van der Waals surface area contributed by atoms with Gasteiger partial charge in [-0.05, 0) is 36.6 Å². The molecule has 0 atom stereocenters. The van der Waals surface area contributed by atoms with Gasteiger partial charge in [0, 0.05) is 36.9 Å². The van der Waals surface area contributed by atoms with E-state index in [1.165, 1.54) is 0 Å². The number of aromatic nitrogens is 3. The van der Waals surface area contributed by atoms with Crippen LogP contribution in [0.3, 0.4) is 0 Å². The smallest absolute Gasteiger partial charge is 0.315 e. The van der Waals surface area contributed by atoms with Crippen molar-refractivity contribution in [3.05, 3.63) is 53.4 Å². The van der Waals surface area contributed by atoms with Crippen molar-refractivity contribution >= 4 is 34.5 Å². The van der Waals surface area contributed by atoms with E-state index in [1.54, 1.807) is 6.33 Å². The van der Waals surface area contributed by atoms with E-state index >= 15 is 0 Å². The number of aromatic amines is 1. The first kappa shape index (κ1) is 17.6. The van der Waals surface area contributed by atoms with Crippen molar-refractivity contribution in [1.29, 1.82) is 0 Å². The lowest BCUT2D eigenvalue weighted by molar-refractivity contribution is 0.234. The monoisotopic (exact) mass is 384 g/mol. The number of nitrogens with zero attached hydrogens (tertiary/aromatic N) is 3. The number of amides is 2. The first-order chi connectivity index (χ1) is 13.2. The Kier molecular flexibility index (Phi) is 5.11. The average Bonchev–Trinajstić information content (AvgIpc) is 3.17. The van der Waals surface area contributed by atoms with Gasteiger partial charge in [0.05, 0.1) is 5.39 Å². The van der Waals surface area contributed by atoms with Gasteiger partial charge in [-0.1, -0.05) is 23.7 Å². The van der Waals surface area contributed by atoms with Gasteiger partial charge in [0.25, 0.3) is 0 Å². The van der Waals surface area contributed by atoms with Crippen LogP contribution in [0.2, 0.25) is 5.02 Å². The third-order valence-electron chi connectivity index (χ3n) is 4.83. The molecule has 1 fully saturated rings. The molecule has 3 N–H and O–H groups in total. The highest BCUT2D eigenvalue weighted by Gasteiger charge is 2.23. The lowest BCUT2D eigenvalue weighted by atomic mass is 10.1. The summed E-state index contributed by atoms with van der Waals surface area (Å²) in [5.74, 6) is 0.951. The number of H-pyrrole nitrogens is 1. The predicted octanol–water partition coefficient (Wildman–Crippen LogP) is 3.08. The molecule has 3 aromatic rings. The number of carbonyl (C=O) groups excluding carboxylic acids is 1. The second-order valence-electron chi connectivity index (χ2n) is 6.65. The van der Waals surface area contributed by atoms with Crippen LogP contribution in [0.15, 0.2) is 42.9 Å². The summed E-state index contributed by atoms with van der Waals surface area (Å²) in [4.78, 5) is 26.2. The molecule has 4 rings (SSSR count). The molecule has 1 aliphatic heterocycles. The molecule has 8 heteroatoms. The summed E-state index contributed by atoms with van der Waals surface area (Å²) >= 11 is 5.87. The molecule has 1 aromatic carbocycles. The number of carbonyl (C=O) groups is 1. The molecule has 1 aliphatic rings. The third-order valence-corrected chi connectivity index (χ3v) is 5.08. The number of piperidine rings is 1. The Morgan fingerprint density at radius 1 is 1.19 bits per heavy atom. The van der Waals surface area contributed by atoms with Crippen molar-refractivity contribution in [2.24, 2.45) is 0 Å². The Hall–Kier alpha value is -2.80. The van der Waals surface area contributed by atoms with Crippen molar-refractivity contribution in [2.75, 3.05) is 18.0 Å². The van der Waals surface area contributed by atoms with Crippen molar-refractivity contribution in [3.8, 4) is 0 Å². The maximum Gasteiger partial charge on any atom is 0.315 e. The zero-order chi connectivity index (χ0) is 18.6. The SMILES string of the molecule is O=C(NCc1ccc(Cl)cc1)NC1CCN(c2ncnc3[nH]ccc23)CC1. The van der Waals surface area contributed by atoms with Gasteiger partial charge < -0.3 is 20.5 Å². The number of hydrogen-bond donors (Lipinski definition) is 3. The van der Waals surface area contributed by atoms with Gasteiger partial charge in [-0.15, -0.1) is 0 Å². The summed E-state index contributed by atoms with van der Waals surface area (Å²) in [6, 6.07) is 9.48. The molecule has 7 nitrogen and oxygen atoms in total. The fourth-order valence-electron chi connectivity index (χ4n) is 3.37. The summed E-state index contributed by atoms with van der Waals surface area (Å²) in [7, 11) is 0. The van der Waals surface area contributed by atoms with E-state index in [4.69, 9.17) is 11.6 Å². The lowest BCUT2D eigenvalue weighted by Crippen LogP contribution is -2.48. The number of halogens is 1. The van der Waals surface area contributed by atoms with E-state index in [-0.39, 0.29) is 12.1 Å². The quantitative estimate of drug-likeness (QED) is 0.645. The van der Waals surface area contributed by atoms with Crippen LogP contribution >= 0.6 is 11.6 Å². The van der Waals surface area contributed by atoms with Crippen LogP contribution in [-0.2, 0) is 6.54 Å². The van der Waals surface area contributed by atoms with Gasteiger partial charge in [0.1, 0.15) is 17.8 Å². The van der Waals surface area contributed by atoms with Gasteiger partial charge in [-0.2, -0.15) is 0 Å². The molecule has 0 bridgehead atoms. The van der Waals surface area contributed by atoms with Crippen LogP contribution in [-0.4, -0.2) is 40.1 Å². The summed E-state index contributed by atoms with van der Waals surface area (Å²) in [6.07, 6.45) is 5.22. The predicted molar refractivity (Wildman–Crippen MR) is 106 cm³/mol. The van der Waals surface area contributed by atoms with E-state index in [9.17, 15) is 4.79 Å². The number of rotatable bonds is 4. The minimum absolute atomic E-state index is 0.140. The fraction of sp³-hybridized carbons (Fsp3) is 0.316. The Morgan fingerprint density at radius 2 is 1.96 bits per heavy atom. The summed E-state index contributed by atoms with van der Waals surface area (Å²) in [5.41, 5.74) is 1.87. The van der Waals surface area contributed by atoms with Crippen LogP contribution in [0.4, 0.5) is 10.6 Å². The number of nitrogens with one attached hydrogen (secondary N) is 3. The number of benzene rings is 1. The molecular weight excluding hydrogens is 364 g/mol. The van der Waals surface area contributed by atoms with E-state index in [2.05, 4.69) is 30.5 Å². The fourth-order valence-corrected chi connectivity index (χ4v) is 3.49. The average molecular weight is 385 g/mol. The first-order valence-corrected chi connectivity index (χ1v) is 9.39. The summed E-state index contributed by atoms with van der Waals surface area (Å²) in [5, 5.41) is 7.68. The second kappa shape index (κ2) is 7.84. The maximum atomic E-state index is 12.2. The molecule has 2 aromatic heterocycles. The highest BCUT2D eigenvalue weighted by atomic mass is 35.5. The summed E-state index contributed by atoms with van der Waals surface area (Å²) in [6.45, 7) is 2.17. The van der Waals surface area contributed by atoms with Crippen molar-refractivity contribution in [1.82, 2.24) is 25.6 Å². The molecule has 0 aliphatic carbocycles. The van der Waals surface area contributed by atoms with E-state index in [1.807, 2.05) is 36.5 Å². The normalized spacial score (nSPS) is 15.1. The molecule has 140 valence electrons. The molecule has 0 spiro atoms. The molecule has 0 saturated carbocycles. The zero-order valence-electron chi connectivity index (χ0n) is 14.8. The summed E-state index contributed by atoms with van der Waals surface area (Å²) < 4.78 is 0. The van der Waals surface area contributed by atoms with Crippen LogP contribution in [0.1, 0.15) is 18.4 Å². The Balaban J connectivity index is 1.27. The number of urea groups is 1. The van der Waals surface area contributed by atoms with Crippen LogP contribution < -0.4 is 15.5 Å². The molecule has 1 saturated heterocycles. The van der Waals surface area contributed by atoms with Gasteiger partial charge in [-0.3, -0.25) is 0 Å². The molecule has 27 heavy (non-hydrogen) atoms. The van der Waals surface area contributed by atoms with Gasteiger partial charge >= 0.3 is 6.03 Å². The van der Waals surface area contributed by atoms with Crippen molar-refractivity contribution in [2.45, 2.75) is 25.4 Å². The Bertz CT molecular complexity index is 917. The number of anilines is 1. The van der Waals surface area contributed by atoms with E-state index in [0.29, 0.717) is 11.6 Å². The Morgan fingerprint density at radius 3 is 2.74 bits per heavy atom. The van der Waals surface area contributed by atoms with Gasteiger partial charge in [0.15, 0.2) is 0 Å². The van der Waals surface area contributed by atoms with Crippen LogP contribution in [0.25, 0.3) is 11.0 Å². The minimum atomic E-state index is -0.140. The topological polar surface area (TPSA) is 85.9 Å². The van der Waals surface area contributed by atoms with Crippen molar-refractivity contribution in [3.63, 3.8) is 0 Å².